The number of halogens is 1. The summed E-state index contributed by atoms with van der Waals surface area (Å²) in [5.74, 6) is -0.296. The van der Waals surface area contributed by atoms with Gasteiger partial charge < -0.3 is 9.47 Å². The maximum Gasteiger partial charge on any atom is 0.285 e. The van der Waals surface area contributed by atoms with Gasteiger partial charge in [-0.2, -0.15) is 0 Å². The smallest absolute Gasteiger partial charge is 0.285 e. The predicted molar refractivity (Wildman–Crippen MR) is 83.9 cm³/mol. The Morgan fingerprint density at radius 2 is 2.22 bits per heavy atom. The minimum Gasteiger partial charge on any atom is -0.497 e. The molecule has 0 unspecified atom stereocenters. The third-order valence-corrected chi connectivity index (χ3v) is 4.29. The number of carbonyl (C=O) groups excluding carboxylic acids is 1. The Morgan fingerprint density at radius 1 is 1.43 bits per heavy atom. The number of hydrogen-bond donors (Lipinski definition) is 1. The topological polar surface area (TPSA) is 63.7 Å². The second-order valence-electron chi connectivity index (χ2n) is 4.92. The molecule has 0 radical (unpaired) electrons. The zero-order valence-electron chi connectivity index (χ0n) is 12.5. The van der Waals surface area contributed by atoms with Crippen LogP contribution in [0.5, 0.6) is 5.75 Å². The van der Waals surface area contributed by atoms with Crippen LogP contribution in [0.3, 0.4) is 0 Å². The Hall–Kier alpha value is -2.03. The van der Waals surface area contributed by atoms with E-state index in [1.807, 2.05) is 0 Å². The van der Waals surface area contributed by atoms with Crippen LogP contribution in [0.2, 0.25) is 0 Å². The fourth-order valence-electron chi connectivity index (χ4n) is 2.17. The molecule has 1 fully saturated rings. The van der Waals surface area contributed by atoms with Crippen molar-refractivity contribution in [2.45, 2.75) is 0 Å². The third-order valence-electron chi connectivity index (χ3n) is 3.41. The lowest BCUT2D eigenvalue weighted by Gasteiger charge is -2.26. The van der Waals surface area contributed by atoms with Crippen LogP contribution in [0.4, 0.5) is 4.39 Å². The molecule has 0 atom stereocenters. The minimum absolute atomic E-state index is 0.270. The number of hydrogen-bond acceptors (Lipinski definition) is 6. The quantitative estimate of drug-likeness (QED) is 0.924. The Labute approximate surface area is 136 Å². The number of benzene rings is 1. The first-order chi connectivity index (χ1) is 11.2. The molecule has 1 aromatic carbocycles. The highest BCUT2D eigenvalue weighted by Crippen LogP contribution is 2.28. The van der Waals surface area contributed by atoms with Gasteiger partial charge in [0.1, 0.15) is 22.3 Å². The van der Waals surface area contributed by atoms with E-state index >= 15 is 0 Å². The molecule has 0 bridgehead atoms. The molecule has 1 aliphatic heterocycles. The summed E-state index contributed by atoms with van der Waals surface area (Å²) in [5, 5.41) is 3.87. The van der Waals surface area contributed by atoms with Crippen molar-refractivity contribution in [3.63, 3.8) is 0 Å². The van der Waals surface area contributed by atoms with Crippen molar-refractivity contribution in [2.24, 2.45) is 0 Å². The first kappa shape index (κ1) is 15.9. The Bertz CT molecular complexity index is 701. The lowest BCUT2D eigenvalue weighted by atomic mass is 10.2. The van der Waals surface area contributed by atoms with Gasteiger partial charge in [0, 0.05) is 30.1 Å². The van der Waals surface area contributed by atoms with E-state index in [2.05, 4.69) is 10.4 Å². The van der Waals surface area contributed by atoms with Gasteiger partial charge in [-0.1, -0.05) is 0 Å². The van der Waals surface area contributed by atoms with E-state index in [1.54, 1.807) is 22.5 Å². The number of aromatic nitrogens is 1. The summed E-state index contributed by atoms with van der Waals surface area (Å²) in [6.45, 7) is 2.44. The van der Waals surface area contributed by atoms with Crippen LogP contribution in [0.1, 0.15) is 10.5 Å². The van der Waals surface area contributed by atoms with Crippen LogP contribution in [0.15, 0.2) is 23.6 Å². The zero-order chi connectivity index (χ0) is 16.2. The molecule has 1 N–H and O–H groups in total. The largest absolute Gasteiger partial charge is 0.497 e. The molecule has 6 nitrogen and oxygen atoms in total. The molecule has 2 aromatic rings. The number of nitrogens with zero attached hydrogens (tertiary/aromatic N) is 2. The number of ether oxygens (including phenoxy) is 2. The summed E-state index contributed by atoms with van der Waals surface area (Å²) in [4.78, 5) is 16.4. The summed E-state index contributed by atoms with van der Waals surface area (Å²) in [6.07, 6.45) is 0. The molecular formula is C15H16FN3O3S. The maximum atomic E-state index is 14.1. The Kier molecular flexibility index (Phi) is 4.85. The van der Waals surface area contributed by atoms with Crippen molar-refractivity contribution in [1.29, 1.82) is 0 Å². The van der Waals surface area contributed by atoms with Gasteiger partial charge in [0.15, 0.2) is 0 Å². The standard InChI is InChI=1S/C15H16FN3O3S/c1-21-10-2-3-11(12(16)8-10)15-17-13(9-23-15)14(20)18-19-4-6-22-7-5-19/h2-3,8-9H,4-7H2,1H3,(H,18,20). The molecular weight excluding hydrogens is 321 g/mol. The highest BCUT2D eigenvalue weighted by Gasteiger charge is 2.18. The molecule has 1 aliphatic rings. The lowest BCUT2D eigenvalue weighted by Crippen LogP contribution is -2.48. The number of morpholine rings is 1. The van der Waals surface area contributed by atoms with E-state index in [4.69, 9.17) is 9.47 Å². The molecule has 122 valence electrons. The molecule has 1 aromatic heterocycles. The van der Waals surface area contributed by atoms with Crippen LogP contribution in [-0.2, 0) is 4.74 Å². The van der Waals surface area contributed by atoms with Gasteiger partial charge >= 0.3 is 0 Å². The molecule has 1 amide bonds. The number of carbonyl (C=O) groups is 1. The molecule has 1 saturated heterocycles. The number of amides is 1. The molecule has 0 aliphatic carbocycles. The maximum absolute atomic E-state index is 14.1. The minimum atomic E-state index is -0.432. The summed E-state index contributed by atoms with van der Waals surface area (Å²) in [6, 6.07) is 4.55. The molecule has 23 heavy (non-hydrogen) atoms. The van der Waals surface area contributed by atoms with Crippen LogP contribution in [0.25, 0.3) is 10.6 Å². The van der Waals surface area contributed by atoms with E-state index in [0.717, 1.165) is 0 Å². The average molecular weight is 337 g/mol. The Morgan fingerprint density at radius 3 is 2.91 bits per heavy atom. The van der Waals surface area contributed by atoms with Gasteiger partial charge in [0.05, 0.1) is 20.3 Å². The van der Waals surface area contributed by atoms with E-state index in [-0.39, 0.29) is 11.6 Å². The first-order valence-corrected chi connectivity index (χ1v) is 7.98. The highest BCUT2D eigenvalue weighted by atomic mass is 32.1. The van der Waals surface area contributed by atoms with Crippen molar-refractivity contribution in [2.75, 3.05) is 33.4 Å². The number of nitrogens with one attached hydrogen (secondary N) is 1. The number of hydrazine groups is 1. The summed E-state index contributed by atoms with van der Waals surface area (Å²) in [7, 11) is 1.48. The van der Waals surface area contributed by atoms with E-state index in [0.29, 0.717) is 42.6 Å². The zero-order valence-corrected chi connectivity index (χ0v) is 13.4. The SMILES string of the molecule is COc1ccc(-c2nc(C(=O)NN3CCOCC3)cs2)c(F)c1. The van der Waals surface area contributed by atoms with Crippen molar-refractivity contribution in [3.8, 4) is 16.3 Å². The average Bonchev–Trinajstić information content (AvgIpc) is 3.05. The monoisotopic (exact) mass is 337 g/mol. The molecule has 2 heterocycles. The van der Waals surface area contributed by atoms with E-state index in [9.17, 15) is 9.18 Å². The third kappa shape index (κ3) is 3.66. The second kappa shape index (κ2) is 7.03. The summed E-state index contributed by atoms with van der Waals surface area (Å²) in [5.41, 5.74) is 3.40. The van der Waals surface area contributed by atoms with Gasteiger partial charge in [-0.15, -0.1) is 11.3 Å². The van der Waals surface area contributed by atoms with Crippen LogP contribution in [0, 0.1) is 5.82 Å². The molecule has 8 heteroatoms. The second-order valence-corrected chi connectivity index (χ2v) is 5.78. The normalized spacial score (nSPS) is 15.4. The summed E-state index contributed by atoms with van der Waals surface area (Å²) < 4.78 is 24.3. The van der Waals surface area contributed by atoms with Crippen LogP contribution in [-0.4, -0.2) is 49.3 Å². The summed E-state index contributed by atoms with van der Waals surface area (Å²) >= 11 is 1.22. The van der Waals surface area contributed by atoms with E-state index in [1.165, 1.54) is 24.5 Å². The molecule has 0 saturated carbocycles. The number of rotatable bonds is 4. The highest BCUT2D eigenvalue weighted by molar-refractivity contribution is 7.13. The van der Waals surface area contributed by atoms with Gasteiger partial charge in [0.2, 0.25) is 0 Å². The van der Waals surface area contributed by atoms with E-state index < -0.39 is 5.82 Å². The van der Waals surface area contributed by atoms with Crippen LogP contribution < -0.4 is 10.2 Å². The van der Waals surface area contributed by atoms with Gasteiger partial charge in [-0.05, 0) is 12.1 Å². The fraction of sp³-hybridized carbons (Fsp3) is 0.333. The van der Waals surface area contributed by atoms with Crippen molar-refractivity contribution in [3.05, 3.63) is 35.1 Å². The van der Waals surface area contributed by atoms with Crippen molar-refractivity contribution >= 4 is 17.2 Å². The Balaban J connectivity index is 1.73. The van der Waals surface area contributed by atoms with Gasteiger partial charge in [0.25, 0.3) is 5.91 Å². The van der Waals surface area contributed by atoms with Crippen molar-refractivity contribution in [1.82, 2.24) is 15.4 Å². The van der Waals surface area contributed by atoms with Gasteiger partial charge in [-0.25, -0.2) is 14.4 Å². The first-order valence-electron chi connectivity index (χ1n) is 7.10. The lowest BCUT2D eigenvalue weighted by molar-refractivity contribution is 0.0125. The number of thiazole rings is 1. The molecule has 3 rings (SSSR count). The van der Waals surface area contributed by atoms with Crippen molar-refractivity contribution < 1.29 is 18.7 Å². The fourth-order valence-corrected chi connectivity index (χ4v) is 3.00. The van der Waals surface area contributed by atoms with Crippen LogP contribution >= 0.6 is 11.3 Å². The number of methoxy groups -OCH3 is 1. The van der Waals surface area contributed by atoms with Gasteiger partial charge in [-0.3, -0.25) is 10.2 Å². The molecule has 0 spiro atoms. The predicted octanol–water partition coefficient (Wildman–Crippen LogP) is 1.93.